The average Bonchev–Trinajstić information content (AvgIpc) is 3.15. The van der Waals surface area contributed by atoms with Gasteiger partial charge in [0, 0.05) is 19.3 Å². The Morgan fingerprint density at radius 3 is 2.36 bits per heavy atom. The van der Waals surface area contributed by atoms with Crippen molar-refractivity contribution in [2.75, 3.05) is 13.2 Å². The summed E-state index contributed by atoms with van der Waals surface area (Å²) in [4.78, 5) is 0. The number of hydrogen-bond donors (Lipinski definition) is 1. The lowest BCUT2D eigenvalue weighted by molar-refractivity contribution is -0.328. The third kappa shape index (κ3) is 1.62. The van der Waals surface area contributed by atoms with Crippen molar-refractivity contribution in [3.8, 4) is 18.2 Å². The summed E-state index contributed by atoms with van der Waals surface area (Å²) < 4.78 is 23.5. The molecule has 4 rings (SSSR count). The highest BCUT2D eigenvalue weighted by atomic mass is 16.7. The molecule has 25 heavy (non-hydrogen) atoms. The summed E-state index contributed by atoms with van der Waals surface area (Å²) in [5.41, 5.74) is -3.51. The lowest BCUT2D eigenvalue weighted by Gasteiger charge is -2.54. The molecule has 0 radical (unpaired) electrons. The van der Waals surface area contributed by atoms with E-state index in [4.69, 9.17) is 24.4 Å². The molecule has 4 atom stereocenters. The quantitative estimate of drug-likeness (QED) is 0.765. The van der Waals surface area contributed by atoms with E-state index in [1.165, 1.54) is 0 Å². The Labute approximate surface area is 145 Å². The molecule has 3 saturated heterocycles. The van der Waals surface area contributed by atoms with Crippen molar-refractivity contribution in [2.24, 2.45) is 16.7 Å². The molecule has 2 bridgehead atoms. The van der Waals surface area contributed by atoms with E-state index in [1.54, 1.807) is 6.92 Å². The molecule has 0 aromatic heterocycles. The molecule has 3 aliphatic heterocycles. The van der Waals surface area contributed by atoms with Crippen LogP contribution in [0.25, 0.3) is 0 Å². The topological polar surface area (TPSA) is 132 Å². The Kier molecular flexibility index (Phi) is 3.21. The Balaban J connectivity index is 1.91. The van der Waals surface area contributed by atoms with Crippen molar-refractivity contribution >= 4 is 5.90 Å². The fourth-order valence-electron chi connectivity index (χ4n) is 5.04. The predicted molar refractivity (Wildman–Crippen MR) is 80.4 cm³/mol. The van der Waals surface area contributed by atoms with Crippen LogP contribution in [0.15, 0.2) is 0 Å². The van der Waals surface area contributed by atoms with E-state index in [1.807, 2.05) is 12.1 Å². The van der Waals surface area contributed by atoms with Gasteiger partial charge < -0.3 is 18.9 Å². The van der Waals surface area contributed by atoms with Gasteiger partial charge in [-0.3, -0.25) is 5.41 Å². The Bertz CT molecular complexity index is 742. The van der Waals surface area contributed by atoms with E-state index in [-0.39, 0.29) is 12.3 Å². The minimum atomic E-state index is -1.81. The van der Waals surface area contributed by atoms with E-state index < -0.39 is 34.4 Å². The van der Waals surface area contributed by atoms with E-state index in [9.17, 15) is 15.8 Å². The fraction of sp³-hybridized carbons (Fsp3) is 0.765. The highest BCUT2D eigenvalue weighted by molar-refractivity contribution is 5.89. The zero-order valence-electron chi connectivity index (χ0n) is 13.9. The molecule has 1 spiro atoms. The maximum Gasteiger partial charge on any atom is 0.217 e. The number of nitrogens with zero attached hydrogens (tertiary/aromatic N) is 3. The van der Waals surface area contributed by atoms with Crippen LogP contribution in [0.3, 0.4) is 0 Å². The summed E-state index contributed by atoms with van der Waals surface area (Å²) in [6.45, 7) is 2.71. The summed E-state index contributed by atoms with van der Waals surface area (Å²) in [5.74, 6) is -3.06. The van der Waals surface area contributed by atoms with E-state index in [0.29, 0.717) is 32.5 Å². The number of nitriles is 3. The van der Waals surface area contributed by atoms with Crippen LogP contribution in [-0.2, 0) is 18.9 Å². The van der Waals surface area contributed by atoms with Gasteiger partial charge in [-0.05, 0) is 6.42 Å². The molecule has 8 nitrogen and oxygen atoms in total. The van der Waals surface area contributed by atoms with Crippen molar-refractivity contribution in [1.82, 2.24) is 0 Å². The van der Waals surface area contributed by atoms with Crippen LogP contribution in [0.4, 0.5) is 0 Å². The minimum Gasteiger partial charge on any atom is -0.447 e. The van der Waals surface area contributed by atoms with Crippen LogP contribution in [0.1, 0.15) is 32.6 Å². The molecule has 1 saturated carbocycles. The van der Waals surface area contributed by atoms with Crippen molar-refractivity contribution in [3.63, 3.8) is 0 Å². The second kappa shape index (κ2) is 4.93. The van der Waals surface area contributed by atoms with E-state index in [2.05, 4.69) is 6.07 Å². The van der Waals surface area contributed by atoms with Gasteiger partial charge in [0.2, 0.25) is 11.7 Å². The first kappa shape index (κ1) is 16.3. The molecular weight excluding hydrogens is 324 g/mol. The summed E-state index contributed by atoms with van der Waals surface area (Å²) in [7, 11) is 0. The molecule has 130 valence electrons. The first-order valence-corrected chi connectivity index (χ1v) is 8.45. The van der Waals surface area contributed by atoms with Gasteiger partial charge in [0.15, 0.2) is 16.6 Å². The van der Waals surface area contributed by atoms with Crippen LogP contribution in [0.5, 0.6) is 0 Å². The van der Waals surface area contributed by atoms with Gasteiger partial charge in [0.25, 0.3) is 0 Å². The summed E-state index contributed by atoms with van der Waals surface area (Å²) >= 11 is 0. The largest absolute Gasteiger partial charge is 0.447 e. The molecule has 3 heterocycles. The van der Waals surface area contributed by atoms with Crippen LogP contribution >= 0.6 is 0 Å². The zero-order valence-corrected chi connectivity index (χ0v) is 13.9. The minimum absolute atomic E-state index is 0.254. The maximum atomic E-state index is 10.1. The molecule has 0 aromatic carbocycles. The zero-order chi connectivity index (χ0) is 17.9. The predicted octanol–water partition coefficient (Wildman–Crippen LogP) is 1.59. The van der Waals surface area contributed by atoms with Gasteiger partial charge in [-0.2, -0.15) is 15.8 Å². The molecule has 4 unspecified atom stereocenters. The average molecular weight is 342 g/mol. The molecule has 0 aromatic rings. The number of ether oxygens (including phenoxy) is 4. The van der Waals surface area contributed by atoms with E-state index in [0.717, 1.165) is 0 Å². The van der Waals surface area contributed by atoms with Crippen LogP contribution in [-0.4, -0.2) is 36.8 Å². The molecule has 1 aliphatic carbocycles. The van der Waals surface area contributed by atoms with Gasteiger partial charge in [0.05, 0.1) is 43.4 Å². The highest BCUT2D eigenvalue weighted by Crippen LogP contribution is 2.68. The van der Waals surface area contributed by atoms with Gasteiger partial charge in [-0.25, -0.2) is 0 Å². The Morgan fingerprint density at radius 1 is 1.12 bits per heavy atom. The smallest absolute Gasteiger partial charge is 0.217 e. The molecular formula is C17H18N4O4. The molecule has 0 amide bonds. The van der Waals surface area contributed by atoms with Crippen LogP contribution in [0.2, 0.25) is 0 Å². The van der Waals surface area contributed by atoms with E-state index >= 15 is 0 Å². The first-order valence-electron chi connectivity index (χ1n) is 8.45. The monoisotopic (exact) mass is 342 g/mol. The van der Waals surface area contributed by atoms with Crippen molar-refractivity contribution in [2.45, 2.75) is 50.3 Å². The van der Waals surface area contributed by atoms with Gasteiger partial charge >= 0.3 is 0 Å². The highest BCUT2D eigenvalue weighted by Gasteiger charge is 2.81. The van der Waals surface area contributed by atoms with Crippen LogP contribution in [0, 0.1) is 56.2 Å². The van der Waals surface area contributed by atoms with Crippen LogP contribution < -0.4 is 0 Å². The SMILES string of the molecule is CCC1OC23CCC4(CC2C(C#N)(C(=N)O3)C1(C#N)C#N)OCCO4. The normalized spacial score (nSPS) is 42.7. The van der Waals surface area contributed by atoms with Gasteiger partial charge in [-0.15, -0.1) is 0 Å². The molecule has 4 aliphatic rings. The second-order valence-corrected chi connectivity index (χ2v) is 7.07. The number of rotatable bonds is 1. The third-order valence-corrected chi connectivity index (χ3v) is 6.22. The lowest BCUT2D eigenvalue weighted by Crippen LogP contribution is -2.65. The lowest BCUT2D eigenvalue weighted by atomic mass is 9.51. The fourth-order valence-corrected chi connectivity index (χ4v) is 5.04. The number of nitrogens with one attached hydrogen (secondary N) is 1. The number of hydrogen-bond acceptors (Lipinski definition) is 8. The Morgan fingerprint density at radius 2 is 1.80 bits per heavy atom. The van der Waals surface area contributed by atoms with Crippen molar-refractivity contribution in [1.29, 1.82) is 21.2 Å². The first-order chi connectivity index (χ1) is 12.0. The molecule has 8 heteroatoms. The standard InChI is InChI=1S/C17H18N4O4/c1-2-12-14(8-18,9-19)16(10-20)11-7-15(22-5-6-23-15)3-4-17(11,24-12)25-13(16)21/h11-12,21H,2-7H2,1H3. The van der Waals surface area contributed by atoms with Crippen molar-refractivity contribution in [3.05, 3.63) is 0 Å². The summed E-state index contributed by atoms with van der Waals surface area (Å²) in [5, 5.41) is 38.3. The molecule has 4 fully saturated rings. The van der Waals surface area contributed by atoms with Crippen molar-refractivity contribution < 1.29 is 18.9 Å². The molecule has 1 N–H and O–H groups in total. The van der Waals surface area contributed by atoms with Gasteiger partial charge in [0.1, 0.15) is 0 Å². The summed E-state index contributed by atoms with van der Waals surface area (Å²) in [6, 6.07) is 6.16. The Hall–Kier alpha value is -2.18. The third-order valence-electron chi connectivity index (χ3n) is 6.22. The second-order valence-electron chi connectivity index (χ2n) is 7.07. The maximum absolute atomic E-state index is 10.1. The summed E-state index contributed by atoms with van der Waals surface area (Å²) in [6.07, 6.45) is 0.715. The van der Waals surface area contributed by atoms with Gasteiger partial charge in [-0.1, -0.05) is 6.92 Å².